The van der Waals surface area contributed by atoms with Crippen LogP contribution in [0.25, 0.3) is 0 Å². The summed E-state index contributed by atoms with van der Waals surface area (Å²) in [5.74, 6) is 0.151. The van der Waals surface area contributed by atoms with Crippen molar-refractivity contribution in [3.63, 3.8) is 0 Å². The van der Waals surface area contributed by atoms with E-state index in [1.54, 1.807) is 19.0 Å². The lowest BCUT2D eigenvalue weighted by atomic mass is 10.2. The van der Waals surface area contributed by atoms with E-state index in [1.165, 1.54) is 0 Å². The van der Waals surface area contributed by atoms with E-state index in [0.717, 1.165) is 19.5 Å². The van der Waals surface area contributed by atoms with Crippen molar-refractivity contribution < 1.29 is 9.90 Å². The molecule has 0 bridgehead atoms. The minimum atomic E-state index is 0.148. The molecule has 0 heterocycles. The third kappa shape index (κ3) is 7.11. The van der Waals surface area contributed by atoms with Crippen LogP contribution in [0.4, 0.5) is 0 Å². The van der Waals surface area contributed by atoms with Crippen LogP contribution in [0.2, 0.25) is 0 Å². The highest BCUT2D eigenvalue weighted by Gasteiger charge is 2.06. The van der Waals surface area contributed by atoms with Crippen LogP contribution in [0.15, 0.2) is 12.7 Å². The molecule has 0 aromatic heterocycles. The Morgan fingerprint density at radius 3 is 2.53 bits per heavy atom. The number of hydrogen-bond donors (Lipinski definition) is 1. The van der Waals surface area contributed by atoms with Gasteiger partial charge in [0.25, 0.3) is 0 Å². The highest BCUT2D eigenvalue weighted by Crippen LogP contribution is 1.97. The first-order valence-corrected chi connectivity index (χ1v) is 5.26. The second-order valence-electron chi connectivity index (χ2n) is 3.70. The average molecular weight is 214 g/mol. The van der Waals surface area contributed by atoms with Crippen molar-refractivity contribution in [2.75, 3.05) is 40.3 Å². The summed E-state index contributed by atoms with van der Waals surface area (Å²) in [6.07, 6.45) is 3.19. The van der Waals surface area contributed by atoms with Crippen LogP contribution in [-0.2, 0) is 4.79 Å². The number of rotatable bonds is 8. The van der Waals surface area contributed by atoms with Crippen LogP contribution < -0.4 is 0 Å². The van der Waals surface area contributed by atoms with E-state index < -0.39 is 0 Å². The largest absolute Gasteiger partial charge is 0.395 e. The summed E-state index contributed by atoms with van der Waals surface area (Å²) in [6.45, 7) is 6.03. The van der Waals surface area contributed by atoms with E-state index in [1.807, 2.05) is 6.08 Å². The van der Waals surface area contributed by atoms with E-state index in [0.29, 0.717) is 13.0 Å². The number of nitrogens with zero attached hydrogens (tertiary/aromatic N) is 2. The summed E-state index contributed by atoms with van der Waals surface area (Å²) in [7, 11) is 3.52. The second-order valence-corrected chi connectivity index (χ2v) is 3.70. The quantitative estimate of drug-likeness (QED) is 0.592. The molecule has 4 heteroatoms. The molecular weight excluding hydrogens is 192 g/mol. The Bertz CT molecular complexity index is 193. The Hall–Kier alpha value is -0.870. The Morgan fingerprint density at radius 2 is 2.07 bits per heavy atom. The lowest BCUT2D eigenvalue weighted by Gasteiger charge is -2.19. The van der Waals surface area contributed by atoms with Crippen LogP contribution >= 0.6 is 0 Å². The molecule has 0 spiro atoms. The predicted octanol–water partition coefficient (Wildman–Crippen LogP) is 0.335. The molecule has 0 fully saturated rings. The molecule has 1 amide bonds. The van der Waals surface area contributed by atoms with Crippen molar-refractivity contribution >= 4 is 5.91 Å². The zero-order chi connectivity index (χ0) is 11.7. The van der Waals surface area contributed by atoms with Crippen LogP contribution in [0, 0.1) is 0 Å². The molecule has 0 saturated carbocycles. The van der Waals surface area contributed by atoms with Gasteiger partial charge in [0.05, 0.1) is 6.61 Å². The van der Waals surface area contributed by atoms with Gasteiger partial charge in [0, 0.05) is 33.6 Å². The number of amides is 1. The maximum absolute atomic E-state index is 11.3. The highest BCUT2D eigenvalue weighted by molar-refractivity contribution is 5.75. The highest BCUT2D eigenvalue weighted by atomic mass is 16.3. The Balaban J connectivity index is 3.69. The summed E-state index contributed by atoms with van der Waals surface area (Å²) in [5, 5.41) is 8.81. The van der Waals surface area contributed by atoms with Crippen molar-refractivity contribution in [1.82, 2.24) is 9.80 Å². The summed E-state index contributed by atoms with van der Waals surface area (Å²) >= 11 is 0. The monoisotopic (exact) mass is 214 g/mol. The second kappa shape index (κ2) is 8.44. The van der Waals surface area contributed by atoms with Gasteiger partial charge >= 0.3 is 0 Å². The van der Waals surface area contributed by atoms with Gasteiger partial charge < -0.3 is 10.0 Å². The first-order valence-electron chi connectivity index (χ1n) is 5.26. The van der Waals surface area contributed by atoms with Crippen LogP contribution in [0.5, 0.6) is 0 Å². The average Bonchev–Trinajstić information content (AvgIpc) is 2.18. The molecule has 0 aromatic rings. The zero-order valence-corrected chi connectivity index (χ0v) is 9.78. The van der Waals surface area contributed by atoms with Crippen molar-refractivity contribution in [2.45, 2.75) is 12.8 Å². The fourth-order valence-corrected chi connectivity index (χ4v) is 1.30. The van der Waals surface area contributed by atoms with E-state index in [4.69, 9.17) is 5.11 Å². The standard InChI is InChI=1S/C11H22N2O2/c1-4-7-13(9-10-14)8-5-6-11(15)12(2)3/h4,14H,1,5-10H2,2-3H3. The van der Waals surface area contributed by atoms with Crippen LogP contribution in [0.3, 0.4) is 0 Å². The third-order valence-electron chi connectivity index (χ3n) is 2.17. The van der Waals surface area contributed by atoms with Crippen molar-refractivity contribution in [3.05, 3.63) is 12.7 Å². The number of hydrogen-bond acceptors (Lipinski definition) is 3. The minimum Gasteiger partial charge on any atom is -0.395 e. The van der Waals surface area contributed by atoms with Crippen molar-refractivity contribution in [1.29, 1.82) is 0 Å². The Kier molecular flexibility index (Phi) is 7.95. The van der Waals surface area contributed by atoms with Gasteiger partial charge in [0.2, 0.25) is 5.91 Å². The van der Waals surface area contributed by atoms with Gasteiger partial charge in [-0.15, -0.1) is 6.58 Å². The number of carbonyl (C=O) groups is 1. The predicted molar refractivity (Wildman–Crippen MR) is 61.7 cm³/mol. The third-order valence-corrected chi connectivity index (χ3v) is 2.17. The normalized spacial score (nSPS) is 10.4. The van der Waals surface area contributed by atoms with Crippen molar-refractivity contribution in [3.8, 4) is 0 Å². The van der Waals surface area contributed by atoms with Gasteiger partial charge in [0.15, 0.2) is 0 Å². The molecule has 0 aliphatic heterocycles. The molecule has 0 rings (SSSR count). The number of aliphatic hydroxyl groups excluding tert-OH is 1. The molecule has 0 atom stereocenters. The number of aliphatic hydroxyl groups is 1. The van der Waals surface area contributed by atoms with Gasteiger partial charge in [-0.05, 0) is 13.0 Å². The van der Waals surface area contributed by atoms with E-state index in [9.17, 15) is 4.79 Å². The van der Waals surface area contributed by atoms with Gasteiger partial charge in [-0.25, -0.2) is 0 Å². The molecule has 0 saturated heterocycles. The first-order chi connectivity index (χ1) is 7.11. The summed E-state index contributed by atoms with van der Waals surface area (Å²) < 4.78 is 0. The van der Waals surface area contributed by atoms with Crippen LogP contribution in [-0.4, -0.2) is 61.2 Å². The summed E-state index contributed by atoms with van der Waals surface area (Å²) in [5.41, 5.74) is 0. The van der Waals surface area contributed by atoms with Gasteiger partial charge in [-0.1, -0.05) is 6.08 Å². The lowest BCUT2D eigenvalue weighted by molar-refractivity contribution is -0.128. The molecule has 0 aromatic carbocycles. The van der Waals surface area contributed by atoms with E-state index >= 15 is 0 Å². The van der Waals surface area contributed by atoms with Crippen molar-refractivity contribution in [2.24, 2.45) is 0 Å². The molecule has 15 heavy (non-hydrogen) atoms. The maximum Gasteiger partial charge on any atom is 0.222 e. The molecule has 0 unspecified atom stereocenters. The Labute approximate surface area is 92.2 Å². The zero-order valence-electron chi connectivity index (χ0n) is 9.78. The molecule has 0 aliphatic rings. The van der Waals surface area contributed by atoms with E-state index in [-0.39, 0.29) is 12.5 Å². The van der Waals surface area contributed by atoms with Gasteiger partial charge in [0.1, 0.15) is 0 Å². The first kappa shape index (κ1) is 14.1. The molecule has 0 radical (unpaired) electrons. The van der Waals surface area contributed by atoms with Gasteiger partial charge in [-0.2, -0.15) is 0 Å². The fourth-order valence-electron chi connectivity index (χ4n) is 1.30. The molecule has 1 N–H and O–H groups in total. The lowest BCUT2D eigenvalue weighted by Crippen LogP contribution is -2.29. The SMILES string of the molecule is C=CCN(CCO)CCCC(=O)N(C)C. The summed E-state index contributed by atoms with van der Waals surface area (Å²) in [4.78, 5) is 15.0. The minimum absolute atomic E-state index is 0.148. The Morgan fingerprint density at radius 1 is 1.40 bits per heavy atom. The summed E-state index contributed by atoms with van der Waals surface area (Å²) in [6, 6.07) is 0. The number of carbonyl (C=O) groups excluding carboxylic acids is 1. The van der Waals surface area contributed by atoms with Crippen LogP contribution in [0.1, 0.15) is 12.8 Å². The molecular formula is C11H22N2O2. The molecule has 4 nitrogen and oxygen atoms in total. The van der Waals surface area contributed by atoms with Gasteiger partial charge in [-0.3, -0.25) is 9.69 Å². The molecule has 88 valence electrons. The fraction of sp³-hybridized carbons (Fsp3) is 0.727. The topological polar surface area (TPSA) is 43.8 Å². The maximum atomic E-state index is 11.3. The van der Waals surface area contributed by atoms with E-state index in [2.05, 4.69) is 11.5 Å². The smallest absolute Gasteiger partial charge is 0.222 e. The molecule has 0 aliphatic carbocycles.